The van der Waals surface area contributed by atoms with Crippen LogP contribution in [0.1, 0.15) is 0 Å². The number of para-hydroxylation sites is 3. The van der Waals surface area contributed by atoms with Crippen LogP contribution in [0.5, 0.6) is 0 Å². The lowest BCUT2D eigenvalue weighted by molar-refractivity contribution is 1.18. The lowest BCUT2D eigenvalue weighted by Gasteiger charge is -2.14. The second-order valence-corrected chi connectivity index (χ2v) is 14.2. The van der Waals surface area contributed by atoms with E-state index >= 15 is 0 Å². The fourth-order valence-corrected chi connectivity index (χ4v) is 9.06. The zero-order valence-corrected chi connectivity index (χ0v) is 28.3. The summed E-state index contributed by atoms with van der Waals surface area (Å²) in [6.07, 6.45) is 0. The molecule has 238 valence electrons. The molecular weight excluding hydrogens is 639 g/mol. The Morgan fingerprint density at radius 2 is 0.961 bits per heavy atom. The van der Waals surface area contributed by atoms with Crippen molar-refractivity contribution in [3.05, 3.63) is 176 Å². The molecule has 8 aromatic carbocycles. The summed E-state index contributed by atoms with van der Waals surface area (Å²) in [6.45, 7) is 0. The third-order valence-electron chi connectivity index (χ3n) is 10.4. The van der Waals surface area contributed by atoms with Crippen molar-refractivity contribution in [3.63, 3.8) is 0 Å². The molecule has 0 N–H and O–H groups in total. The normalized spacial score (nSPS) is 11.9. The molecule has 11 rings (SSSR count). The second-order valence-electron chi connectivity index (χ2n) is 13.2. The minimum atomic E-state index is 1.04. The van der Waals surface area contributed by atoms with Gasteiger partial charge in [0.25, 0.3) is 0 Å². The van der Waals surface area contributed by atoms with Gasteiger partial charge in [0.1, 0.15) is 5.01 Å². The first kappa shape index (κ1) is 28.4. The monoisotopic (exact) mass is 667 g/mol. The molecule has 0 aliphatic heterocycles. The van der Waals surface area contributed by atoms with Gasteiger partial charge in [-0.15, -0.1) is 11.3 Å². The van der Waals surface area contributed by atoms with Gasteiger partial charge in [0.2, 0.25) is 0 Å². The van der Waals surface area contributed by atoms with Crippen molar-refractivity contribution >= 4 is 75.9 Å². The van der Waals surface area contributed by atoms with E-state index in [9.17, 15) is 0 Å². The number of hydrogen-bond donors (Lipinski definition) is 0. The minimum absolute atomic E-state index is 1.04. The maximum atomic E-state index is 5.05. The molecular formula is C47H29N3S. The largest absolute Gasteiger partial charge is 0.309 e. The summed E-state index contributed by atoms with van der Waals surface area (Å²) in [7, 11) is 0. The van der Waals surface area contributed by atoms with Gasteiger partial charge in [-0.3, -0.25) is 0 Å². The third kappa shape index (κ3) is 4.27. The van der Waals surface area contributed by atoms with Crippen molar-refractivity contribution in [1.82, 2.24) is 14.1 Å². The molecule has 0 saturated carbocycles. The van der Waals surface area contributed by atoms with E-state index in [0.717, 1.165) is 16.2 Å². The van der Waals surface area contributed by atoms with Crippen LogP contribution in [0.3, 0.4) is 0 Å². The van der Waals surface area contributed by atoms with Crippen LogP contribution in [0.25, 0.3) is 97.7 Å². The van der Waals surface area contributed by atoms with Crippen LogP contribution >= 0.6 is 11.3 Å². The molecule has 3 heterocycles. The van der Waals surface area contributed by atoms with Crippen LogP contribution in [-0.4, -0.2) is 14.1 Å². The maximum Gasteiger partial charge on any atom is 0.125 e. The Morgan fingerprint density at radius 1 is 0.392 bits per heavy atom. The van der Waals surface area contributed by atoms with E-state index in [-0.39, 0.29) is 0 Å². The van der Waals surface area contributed by atoms with Gasteiger partial charge in [-0.2, -0.15) is 0 Å². The second kappa shape index (κ2) is 11.0. The van der Waals surface area contributed by atoms with E-state index in [1.54, 1.807) is 11.3 Å². The summed E-state index contributed by atoms with van der Waals surface area (Å²) in [5.74, 6) is 0. The van der Waals surface area contributed by atoms with E-state index in [1.165, 1.54) is 81.5 Å². The lowest BCUT2D eigenvalue weighted by Crippen LogP contribution is -1.96. The van der Waals surface area contributed by atoms with Crippen LogP contribution in [0.4, 0.5) is 0 Å². The highest BCUT2D eigenvalue weighted by molar-refractivity contribution is 7.21. The molecule has 0 fully saturated rings. The molecule has 0 bridgehead atoms. The van der Waals surface area contributed by atoms with Crippen LogP contribution in [0, 0.1) is 0 Å². The van der Waals surface area contributed by atoms with Crippen molar-refractivity contribution in [3.8, 4) is 33.1 Å². The average molecular weight is 668 g/mol. The molecule has 4 heteroatoms. The number of aromatic nitrogens is 3. The van der Waals surface area contributed by atoms with Crippen molar-refractivity contribution in [2.75, 3.05) is 0 Å². The quantitative estimate of drug-likeness (QED) is 0.183. The zero-order chi connectivity index (χ0) is 33.5. The molecule has 0 atom stereocenters. The van der Waals surface area contributed by atoms with Crippen LogP contribution in [0.15, 0.2) is 176 Å². The maximum absolute atomic E-state index is 5.05. The van der Waals surface area contributed by atoms with Crippen LogP contribution < -0.4 is 0 Å². The molecule has 11 aromatic rings. The Balaban J connectivity index is 1.17. The van der Waals surface area contributed by atoms with Crippen molar-refractivity contribution in [2.24, 2.45) is 0 Å². The number of benzene rings is 8. The summed E-state index contributed by atoms with van der Waals surface area (Å²) in [4.78, 5) is 5.05. The summed E-state index contributed by atoms with van der Waals surface area (Å²) >= 11 is 1.76. The van der Waals surface area contributed by atoms with Crippen LogP contribution in [-0.2, 0) is 0 Å². The van der Waals surface area contributed by atoms with E-state index in [4.69, 9.17) is 4.98 Å². The Hall–Kier alpha value is -6.49. The molecule has 0 spiro atoms. The topological polar surface area (TPSA) is 22.8 Å². The van der Waals surface area contributed by atoms with Gasteiger partial charge in [-0.25, -0.2) is 4.98 Å². The van der Waals surface area contributed by atoms with Gasteiger partial charge in [0.15, 0.2) is 0 Å². The molecule has 0 aliphatic rings. The summed E-state index contributed by atoms with van der Waals surface area (Å²) in [5, 5.41) is 8.42. The molecule has 0 amide bonds. The van der Waals surface area contributed by atoms with Gasteiger partial charge >= 0.3 is 0 Å². The highest BCUT2D eigenvalue weighted by atomic mass is 32.1. The zero-order valence-electron chi connectivity index (χ0n) is 27.5. The fourth-order valence-electron chi connectivity index (χ4n) is 8.05. The van der Waals surface area contributed by atoms with E-state index in [1.807, 2.05) is 0 Å². The summed E-state index contributed by atoms with van der Waals surface area (Å²) in [5.41, 5.74) is 11.8. The minimum Gasteiger partial charge on any atom is -0.309 e. The average Bonchev–Trinajstić information content (AvgIpc) is 3.87. The van der Waals surface area contributed by atoms with Gasteiger partial charge in [0.05, 0.1) is 38.0 Å². The number of hydrogen-bond acceptors (Lipinski definition) is 2. The van der Waals surface area contributed by atoms with Crippen molar-refractivity contribution < 1.29 is 0 Å². The first-order valence-electron chi connectivity index (χ1n) is 17.3. The van der Waals surface area contributed by atoms with Crippen molar-refractivity contribution in [1.29, 1.82) is 0 Å². The molecule has 0 aliphatic carbocycles. The lowest BCUT2D eigenvalue weighted by atomic mass is 10.0. The Morgan fingerprint density at radius 3 is 1.69 bits per heavy atom. The number of nitrogens with zero attached hydrogens (tertiary/aromatic N) is 3. The molecule has 3 nitrogen and oxygen atoms in total. The smallest absolute Gasteiger partial charge is 0.125 e. The molecule has 0 radical (unpaired) electrons. The standard InChI is InChI=1S/C47H29N3S/c1-2-12-30(13-3-1)31-22-24-32(25-23-31)49-41-19-9-6-16-35(41)38-29-45-39(28-44(38)49)36-17-7-10-20-42(36)50(45)43-27-26-37(33-14-4-5-15-34(33)43)47-48-40-18-8-11-21-46(40)51-47/h1-29H. The van der Waals surface area contributed by atoms with E-state index < -0.39 is 0 Å². The Bertz CT molecular complexity index is 3090. The van der Waals surface area contributed by atoms with E-state index in [0.29, 0.717) is 0 Å². The van der Waals surface area contributed by atoms with Crippen molar-refractivity contribution in [2.45, 2.75) is 0 Å². The molecule has 0 saturated heterocycles. The predicted molar refractivity (Wildman–Crippen MR) is 217 cm³/mol. The fraction of sp³-hybridized carbons (Fsp3) is 0. The Labute approximate surface area is 297 Å². The Kier molecular flexibility index (Phi) is 6.12. The summed E-state index contributed by atoms with van der Waals surface area (Å²) < 4.78 is 6.10. The van der Waals surface area contributed by atoms with Gasteiger partial charge in [0, 0.05) is 38.2 Å². The van der Waals surface area contributed by atoms with Crippen LogP contribution in [0.2, 0.25) is 0 Å². The van der Waals surface area contributed by atoms with E-state index in [2.05, 4.69) is 185 Å². The number of thiazole rings is 1. The third-order valence-corrected chi connectivity index (χ3v) is 11.4. The highest BCUT2D eigenvalue weighted by Gasteiger charge is 2.20. The predicted octanol–water partition coefficient (Wildman–Crippen LogP) is 13.0. The number of rotatable bonds is 4. The number of fused-ring (bicyclic) bond motifs is 8. The molecule has 3 aromatic heterocycles. The van der Waals surface area contributed by atoms with Gasteiger partial charge in [-0.05, 0) is 77.2 Å². The summed E-state index contributed by atoms with van der Waals surface area (Å²) in [6, 6.07) is 63.7. The first-order chi connectivity index (χ1) is 25.3. The SMILES string of the molecule is c1ccc(-c2ccc(-n3c4ccccc4c4cc5c(cc43)c3ccccc3n5-c3ccc(-c4nc5ccccc5s4)c4ccccc34)cc2)cc1. The van der Waals surface area contributed by atoms with Gasteiger partial charge < -0.3 is 9.13 Å². The van der Waals surface area contributed by atoms with Gasteiger partial charge in [-0.1, -0.05) is 115 Å². The first-order valence-corrected chi connectivity index (χ1v) is 18.1. The molecule has 0 unspecified atom stereocenters. The highest BCUT2D eigenvalue weighted by Crippen LogP contribution is 2.42. The molecule has 51 heavy (non-hydrogen) atoms.